The summed E-state index contributed by atoms with van der Waals surface area (Å²) in [6.45, 7) is 6.14. The number of aliphatic hydroxyl groups excluding tert-OH is 2. The molecule has 4 N–H and O–H groups in total. The van der Waals surface area contributed by atoms with Crippen LogP contribution >= 0.6 is 0 Å². The van der Waals surface area contributed by atoms with Crippen molar-refractivity contribution in [3.63, 3.8) is 0 Å². The molecule has 3 rings (SSSR count). The van der Waals surface area contributed by atoms with Crippen molar-refractivity contribution in [3.05, 3.63) is 0 Å². The highest BCUT2D eigenvalue weighted by molar-refractivity contribution is 5.88. The topological polar surface area (TPSA) is 98.7 Å². The molecule has 3 saturated carbocycles. The van der Waals surface area contributed by atoms with E-state index in [1.165, 1.54) is 44.9 Å². The number of fused-ring (bicyclic) bond motifs is 2. The van der Waals surface area contributed by atoms with Crippen LogP contribution in [0.1, 0.15) is 111 Å². The van der Waals surface area contributed by atoms with E-state index in [-0.39, 0.29) is 41.0 Å². The molecule has 0 aromatic heterocycles. The number of rotatable bonds is 6. The highest BCUT2D eigenvalue weighted by atomic mass is 16.3. The molecular weight excluding hydrogens is 416 g/mol. The molecule has 2 amide bonds. The quantitative estimate of drug-likeness (QED) is 0.476. The number of hydrogen-bond acceptors (Lipinski definition) is 4. The van der Waals surface area contributed by atoms with E-state index in [1.807, 2.05) is 0 Å². The summed E-state index contributed by atoms with van der Waals surface area (Å²) in [6.07, 6.45) is 14.7. The Bertz CT molecular complexity index is 655. The third-order valence-corrected chi connectivity index (χ3v) is 9.66. The molecule has 0 saturated heterocycles. The first-order valence-corrected chi connectivity index (χ1v) is 13.6. The van der Waals surface area contributed by atoms with Crippen molar-refractivity contribution in [1.82, 2.24) is 10.6 Å². The maximum Gasteiger partial charge on any atom is 0.245 e. The molecule has 0 spiro atoms. The molecule has 0 heterocycles. The van der Waals surface area contributed by atoms with Gasteiger partial charge in [-0.05, 0) is 48.3 Å². The lowest BCUT2D eigenvalue weighted by molar-refractivity contribution is -0.131. The van der Waals surface area contributed by atoms with Crippen LogP contribution in [0.2, 0.25) is 0 Å². The van der Waals surface area contributed by atoms with Crippen LogP contribution < -0.4 is 10.6 Å². The molecule has 5 unspecified atom stereocenters. The molecule has 5 atom stereocenters. The zero-order valence-electron chi connectivity index (χ0n) is 21.2. The number of aliphatic hydroxyl groups is 2. The SMILES string of the molecule is CC1(C)C2CCC1(C)C(O)C2CC(=O)NC(CO)C(=O)NC1CCCCCCCCCCC1. The van der Waals surface area contributed by atoms with Crippen LogP contribution in [0.25, 0.3) is 0 Å². The van der Waals surface area contributed by atoms with Gasteiger partial charge in [0.2, 0.25) is 11.8 Å². The molecule has 3 aliphatic carbocycles. The fourth-order valence-corrected chi connectivity index (χ4v) is 7.06. The summed E-state index contributed by atoms with van der Waals surface area (Å²) in [7, 11) is 0. The van der Waals surface area contributed by atoms with E-state index in [0.29, 0.717) is 5.92 Å². The van der Waals surface area contributed by atoms with Crippen molar-refractivity contribution in [2.75, 3.05) is 6.61 Å². The molecule has 2 bridgehead atoms. The van der Waals surface area contributed by atoms with Gasteiger partial charge in [-0.3, -0.25) is 9.59 Å². The van der Waals surface area contributed by atoms with Gasteiger partial charge in [-0.15, -0.1) is 0 Å². The smallest absolute Gasteiger partial charge is 0.245 e. The van der Waals surface area contributed by atoms with E-state index in [4.69, 9.17) is 0 Å². The van der Waals surface area contributed by atoms with Crippen LogP contribution in [-0.4, -0.2) is 46.8 Å². The monoisotopic (exact) mass is 464 g/mol. The molecule has 0 aromatic rings. The van der Waals surface area contributed by atoms with Crippen molar-refractivity contribution in [1.29, 1.82) is 0 Å². The number of hydrogen-bond donors (Lipinski definition) is 4. The van der Waals surface area contributed by atoms with Crippen LogP contribution in [0.3, 0.4) is 0 Å². The predicted molar refractivity (Wildman–Crippen MR) is 130 cm³/mol. The van der Waals surface area contributed by atoms with Crippen LogP contribution in [-0.2, 0) is 9.59 Å². The van der Waals surface area contributed by atoms with Crippen molar-refractivity contribution in [3.8, 4) is 0 Å². The minimum atomic E-state index is -0.932. The summed E-state index contributed by atoms with van der Waals surface area (Å²) in [6, 6.07) is -0.825. The first kappa shape index (κ1) is 26.5. The predicted octanol–water partition coefficient (Wildman–Crippen LogP) is 4.08. The van der Waals surface area contributed by atoms with Crippen molar-refractivity contribution in [2.45, 2.75) is 129 Å². The Kier molecular flexibility index (Phi) is 9.24. The zero-order valence-corrected chi connectivity index (χ0v) is 21.2. The van der Waals surface area contributed by atoms with Crippen LogP contribution in [0.15, 0.2) is 0 Å². The van der Waals surface area contributed by atoms with E-state index < -0.39 is 18.8 Å². The Morgan fingerprint density at radius 3 is 1.94 bits per heavy atom. The number of amides is 2. The molecular formula is C27H48N2O4. The molecule has 190 valence electrons. The molecule has 0 aliphatic heterocycles. The van der Waals surface area contributed by atoms with E-state index in [0.717, 1.165) is 38.5 Å². The Morgan fingerprint density at radius 2 is 1.45 bits per heavy atom. The molecule has 33 heavy (non-hydrogen) atoms. The summed E-state index contributed by atoms with van der Waals surface area (Å²) >= 11 is 0. The number of carbonyl (C=O) groups excluding carboxylic acids is 2. The first-order valence-electron chi connectivity index (χ1n) is 13.6. The van der Waals surface area contributed by atoms with Gasteiger partial charge in [-0.2, -0.15) is 0 Å². The van der Waals surface area contributed by atoms with Gasteiger partial charge in [0.25, 0.3) is 0 Å². The minimum Gasteiger partial charge on any atom is -0.394 e. The van der Waals surface area contributed by atoms with Gasteiger partial charge in [0.1, 0.15) is 6.04 Å². The van der Waals surface area contributed by atoms with E-state index in [9.17, 15) is 19.8 Å². The molecule has 0 radical (unpaired) electrons. The normalized spacial score (nSPS) is 34.2. The van der Waals surface area contributed by atoms with Crippen LogP contribution in [0.4, 0.5) is 0 Å². The van der Waals surface area contributed by atoms with E-state index in [2.05, 4.69) is 31.4 Å². The summed E-state index contributed by atoms with van der Waals surface area (Å²) in [4.78, 5) is 25.7. The summed E-state index contributed by atoms with van der Waals surface area (Å²) in [5, 5.41) is 26.7. The first-order chi connectivity index (χ1) is 15.7. The highest BCUT2D eigenvalue weighted by Gasteiger charge is 2.65. The number of carbonyl (C=O) groups is 2. The van der Waals surface area contributed by atoms with Gasteiger partial charge in [-0.25, -0.2) is 0 Å². The fourth-order valence-electron chi connectivity index (χ4n) is 7.06. The second-order valence-electron chi connectivity index (χ2n) is 11.9. The maximum absolute atomic E-state index is 12.9. The van der Waals surface area contributed by atoms with Gasteiger partial charge in [-0.1, -0.05) is 78.6 Å². The van der Waals surface area contributed by atoms with Gasteiger partial charge < -0.3 is 20.8 Å². The maximum atomic E-state index is 12.9. The lowest BCUT2D eigenvalue weighted by Gasteiger charge is -2.37. The standard InChI is InChI=1S/C27H48N2O4/c1-26(2)21-15-16-27(26,3)24(32)20(21)17-23(31)29-22(18-30)25(33)28-19-13-11-9-7-5-4-6-8-10-12-14-19/h19-22,24,30,32H,4-18H2,1-3H3,(H,28,33)(H,29,31). The van der Waals surface area contributed by atoms with Gasteiger partial charge >= 0.3 is 0 Å². The highest BCUT2D eigenvalue weighted by Crippen LogP contribution is 2.68. The van der Waals surface area contributed by atoms with Crippen molar-refractivity contribution in [2.24, 2.45) is 22.7 Å². The molecule has 0 aromatic carbocycles. The van der Waals surface area contributed by atoms with Crippen molar-refractivity contribution < 1.29 is 19.8 Å². The second-order valence-corrected chi connectivity index (χ2v) is 11.9. The van der Waals surface area contributed by atoms with E-state index in [1.54, 1.807) is 0 Å². The molecule has 6 heteroatoms. The summed E-state index contributed by atoms with van der Waals surface area (Å²) in [5.74, 6) is -0.323. The average molecular weight is 465 g/mol. The zero-order chi connectivity index (χ0) is 24.1. The summed E-state index contributed by atoms with van der Waals surface area (Å²) < 4.78 is 0. The van der Waals surface area contributed by atoms with Crippen LogP contribution in [0.5, 0.6) is 0 Å². The fraction of sp³-hybridized carbons (Fsp3) is 0.926. The molecule has 3 fully saturated rings. The molecule has 3 aliphatic rings. The van der Waals surface area contributed by atoms with E-state index >= 15 is 0 Å². The van der Waals surface area contributed by atoms with Gasteiger partial charge in [0.15, 0.2) is 0 Å². The van der Waals surface area contributed by atoms with Gasteiger partial charge in [0, 0.05) is 12.5 Å². The Balaban J connectivity index is 1.51. The Morgan fingerprint density at radius 1 is 0.909 bits per heavy atom. The average Bonchev–Trinajstić information content (AvgIpc) is 3.07. The Labute approximate surface area is 200 Å². The third-order valence-electron chi connectivity index (χ3n) is 9.66. The lowest BCUT2D eigenvalue weighted by atomic mass is 9.70. The molecule has 6 nitrogen and oxygen atoms in total. The third kappa shape index (κ3) is 5.93. The lowest BCUT2D eigenvalue weighted by Crippen LogP contribution is -2.52. The minimum absolute atomic E-state index is 0.00118. The number of nitrogens with one attached hydrogen (secondary N) is 2. The Hall–Kier alpha value is -1.14. The van der Waals surface area contributed by atoms with Crippen LogP contribution in [0, 0.1) is 22.7 Å². The van der Waals surface area contributed by atoms with Crippen molar-refractivity contribution >= 4 is 11.8 Å². The van der Waals surface area contributed by atoms with Gasteiger partial charge in [0.05, 0.1) is 12.7 Å². The second kappa shape index (κ2) is 11.5. The summed E-state index contributed by atoms with van der Waals surface area (Å²) in [5.41, 5.74) is -0.164. The largest absolute Gasteiger partial charge is 0.394 e.